The molecule has 0 radical (unpaired) electrons. The summed E-state index contributed by atoms with van der Waals surface area (Å²) >= 11 is 0. The van der Waals surface area contributed by atoms with E-state index in [4.69, 9.17) is 4.98 Å². The molecule has 0 saturated heterocycles. The molecular weight excluding hydrogens is 418 g/mol. The Morgan fingerprint density at radius 3 is 2.58 bits per heavy atom. The van der Waals surface area contributed by atoms with Crippen LogP contribution in [0.15, 0.2) is 40.1 Å². The number of rotatable bonds is 9. The predicted octanol–water partition coefficient (Wildman–Crippen LogP) is 3.37. The summed E-state index contributed by atoms with van der Waals surface area (Å²) in [7, 11) is 0. The molecule has 0 saturated carbocycles. The van der Waals surface area contributed by atoms with Crippen molar-refractivity contribution in [2.24, 2.45) is 0 Å². The third kappa shape index (κ3) is 4.10. The van der Waals surface area contributed by atoms with Crippen molar-refractivity contribution >= 4 is 16.9 Å². The van der Waals surface area contributed by atoms with Crippen LogP contribution in [0.25, 0.3) is 16.9 Å². The van der Waals surface area contributed by atoms with Crippen LogP contribution in [-0.2, 0) is 26.1 Å². The molecule has 174 valence electrons. The molecule has 0 aliphatic rings. The summed E-state index contributed by atoms with van der Waals surface area (Å²) in [5.74, 6) is 0.708. The highest BCUT2D eigenvalue weighted by molar-refractivity contribution is 5.71. The molecule has 0 fully saturated rings. The number of imidazole rings is 1. The number of nitrogens with one attached hydrogen (secondary N) is 2. The van der Waals surface area contributed by atoms with Gasteiger partial charge in [-0.3, -0.25) is 14.3 Å². The summed E-state index contributed by atoms with van der Waals surface area (Å²) in [6.45, 7) is 9.73. The highest BCUT2D eigenvalue weighted by Gasteiger charge is 2.18. The average Bonchev–Trinajstić information content (AvgIpc) is 3.38. The van der Waals surface area contributed by atoms with Crippen molar-refractivity contribution in [2.75, 3.05) is 5.32 Å². The van der Waals surface area contributed by atoms with Gasteiger partial charge in [0.25, 0.3) is 5.56 Å². The summed E-state index contributed by atoms with van der Waals surface area (Å²) in [6.07, 6.45) is 4.41. The van der Waals surface area contributed by atoms with E-state index in [-0.39, 0.29) is 0 Å². The van der Waals surface area contributed by atoms with Gasteiger partial charge < -0.3 is 9.88 Å². The van der Waals surface area contributed by atoms with Crippen LogP contribution in [0.4, 0.5) is 5.69 Å². The van der Waals surface area contributed by atoms with Crippen LogP contribution in [0.1, 0.15) is 50.7 Å². The highest BCUT2D eigenvalue weighted by Crippen LogP contribution is 2.23. The van der Waals surface area contributed by atoms with Crippen molar-refractivity contribution in [3.8, 4) is 5.69 Å². The topological polar surface area (TPSA) is 103 Å². The van der Waals surface area contributed by atoms with Crippen LogP contribution in [0.2, 0.25) is 0 Å². The molecule has 0 unspecified atom stereocenters. The Balaban J connectivity index is 1.71. The molecule has 0 atom stereocenters. The van der Waals surface area contributed by atoms with Gasteiger partial charge in [-0.25, -0.2) is 14.5 Å². The summed E-state index contributed by atoms with van der Waals surface area (Å²) in [5, 5.41) is 8.07. The van der Waals surface area contributed by atoms with E-state index in [9.17, 15) is 9.59 Å². The van der Waals surface area contributed by atoms with Crippen LogP contribution in [0.5, 0.6) is 0 Å². The lowest BCUT2D eigenvalue weighted by atomic mass is 10.2. The molecule has 4 rings (SSSR count). The first-order valence-corrected chi connectivity index (χ1v) is 11.6. The molecular formula is C24H31N7O2. The Morgan fingerprint density at radius 2 is 1.88 bits per heavy atom. The first kappa shape index (κ1) is 22.6. The third-order valence-electron chi connectivity index (χ3n) is 6.00. The number of hydrogen-bond donors (Lipinski definition) is 2. The van der Waals surface area contributed by atoms with Gasteiger partial charge in [0.2, 0.25) is 0 Å². The lowest BCUT2D eigenvalue weighted by molar-refractivity contribution is 0.613. The van der Waals surface area contributed by atoms with Crippen molar-refractivity contribution in [1.29, 1.82) is 0 Å². The summed E-state index contributed by atoms with van der Waals surface area (Å²) < 4.78 is 5.41. The van der Waals surface area contributed by atoms with E-state index in [1.165, 1.54) is 0 Å². The lowest BCUT2D eigenvalue weighted by Gasteiger charge is -2.12. The average molecular weight is 450 g/mol. The normalized spacial score (nSPS) is 11.4. The van der Waals surface area contributed by atoms with Crippen molar-refractivity contribution in [2.45, 2.75) is 66.6 Å². The minimum atomic E-state index is -0.408. The fourth-order valence-corrected chi connectivity index (χ4v) is 4.26. The van der Waals surface area contributed by atoms with Gasteiger partial charge in [0.05, 0.1) is 29.8 Å². The Bertz CT molecular complexity index is 1390. The van der Waals surface area contributed by atoms with E-state index in [0.717, 1.165) is 41.9 Å². The van der Waals surface area contributed by atoms with Crippen molar-refractivity contribution < 1.29 is 0 Å². The molecule has 0 aliphatic carbocycles. The maximum atomic E-state index is 12.6. The monoisotopic (exact) mass is 449 g/mol. The maximum Gasteiger partial charge on any atom is 0.330 e. The zero-order valence-corrected chi connectivity index (χ0v) is 19.7. The number of H-pyrrole nitrogens is 1. The number of nitrogens with zero attached hydrogens (tertiary/aromatic N) is 5. The number of fused-ring (bicyclic) bond motifs is 1. The van der Waals surface area contributed by atoms with Crippen LogP contribution in [0.3, 0.4) is 0 Å². The molecule has 0 bridgehead atoms. The molecule has 9 heteroatoms. The minimum absolute atomic E-state index is 0.398. The van der Waals surface area contributed by atoms with Crippen LogP contribution in [0, 0.1) is 6.92 Å². The van der Waals surface area contributed by atoms with Crippen LogP contribution >= 0.6 is 0 Å². The van der Waals surface area contributed by atoms with Gasteiger partial charge >= 0.3 is 5.69 Å². The number of unbranched alkanes of at least 4 members (excludes halogenated alkanes) is 1. The summed E-state index contributed by atoms with van der Waals surface area (Å²) in [4.78, 5) is 32.2. The number of anilines is 1. The standard InChI is InChI=1S/C24H31N7O2/c1-5-8-13-30-22-21(23(32)28-24(30)33)29(7-3)20(27-22)15-25-17-14-26-31(18(17)6-2)19-12-10-9-11-16(19)4/h9-12,14,25H,5-8,13,15H2,1-4H3,(H,28,32,33). The Labute approximate surface area is 192 Å². The van der Waals surface area contributed by atoms with Crippen LogP contribution < -0.4 is 16.6 Å². The van der Waals surface area contributed by atoms with Gasteiger partial charge in [-0.05, 0) is 38.3 Å². The number of aromatic nitrogens is 6. The van der Waals surface area contributed by atoms with E-state index in [2.05, 4.69) is 48.3 Å². The van der Waals surface area contributed by atoms with Gasteiger partial charge in [0.1, 0.15) is 5.82 Å². The fraction of sp³-hybridized carbons (Fsp3) is 0.417. The van der Waals surface area contributed by atoms with Gasteiger partial charge in [0, 0.05) is 13.1 Å². The molecule has 9 nitrogen and oxygen atoms in total. The van der Waals surface area contributed by atoms with Crippen molar-refractivity contribution in [3.05, 3.63) is 68.4 Å². The van der Waals surface area contributed by atoms with Crippen molar-refractivity contribution in [3.63, 3.8) is 0 Å². The van der Waals surface area contributed by atoms with E-state index >= 15 is 0 Å². The first-order chi connectivity index (χ1) is 16.0. The predicted molar refractivity (Wildman–Crippen MR) is 130 cm³/mol. The highest BCUT2D eigenvalue weighted by atomic mass is 16.2. The van der Waals surface area contributed by atoms with Gasteiger partial charge in [-0.15, -0.1) is 0 Å². The second-order valence-corrected chi connectivity index (χ2v) is 8.12. The summed E-state index contributed by atoms with van der Waals surface area (Å²) in [6, 6.07) is 8.16. The molecule has 0 aliphatic heterocycles. The fourth-order valence-electron chi connectivity index (χ4n) is 4.26. The SMILES string of the molecule is CCCCn1c(=O)[nH]c(=O)c2c1nc(CNc1cnn(-c3ccccc3C)c1CC)n2CC. The number of benzene rings is 1. The number of aryl methyl sites for hydroxylation is 3. The smallest absolute Gasteiger partial charge is 0.330 e. The van der Waals surface area contributed by atoms with E-state index in [1.807, 2.05) is 34.5 Å². The third-order valence-corrected chi connectivity index (χ3v) is 6.00. The zero-order chi connectivity index (χ0) is 23.5. The Hall–Kier alpha value is -3.62. The van der Waals surface area contributed by atoms with E-state index in [0.29, 0.717) is 36.6 Å². The quantitative estimate of drug-likeness (QED) is 0.408. The molecule has 3 heterocycles. The van der Waals surface area contributed by atoms with Crippen LogP contribution in [-0.4, -0.2) is 28.9 Å². The Kier molecular flexibility index (Phi) is 6.48. The summed E-state index contributed by atoms with van der Waals surface area (Å²) in [5.41, 5.74) is 4.28. The number of aromatic amines is 1. The van der Waals surface area contributed by atoms with Crippen molar-refractivity contribution in [1.82, 2.24) is 28.9 Å². The largest absolute Gasteiger partial charge is 0.375 e. The first-order valence-electron chi connectivity index (χ1n) is 11.6. The molecule has 3 aromatic heterocycles. The maximum absolute atomic E-state index is 12.6. The molecule has 33 heavy (non-hydrogen) atoms. The second-order valence-electron chi connectivity index (χ2n) is 8.12. The van der Waals surface area contributed by atoms with Gasteiger partial charge in [-0.2, -0.15) is 5.10 Å². The van der Waals surface area contributed by atoms with Gasteiger partial charge in [0.15, 0.2) is 11.2 Å². The lowest BCUT2D eigenvalue weighted by Crippen LogP contribution is -2.31. The van der Waals surface area contributed by atoms with Gasteiger partial charge in [-0.1, -0.05) is 38.5 Å². The molecule has 1 aromatic carbocycles. The van der Waals surface area contributed by atoms with E-state index in [1.54, 1.807) is 4.57 Å². The molecule has 0 amide bonds. The molecule has 2 N–H and O–H groups in total. The molecule has 4 aromatic rings. The molecule has 0 spiro atoms. The Morgan fingerprint density at radius 1 is 1.09 bits per heavy atom. The number of para-hydroxylation sites is 1. The zero-order valence-electron chi connectivity index (χ0n) is 19.7. The van der Waals surface area contributed by atoms with E-state index < -0.39 is 11.2 Å². The second kappa shape index (κ2) is 9.48. The minimum Gasteiger partial charge on any atom is -0.375 e. The number of hydrogen-bond acceptors (Lipinski definition) is 5.